The molecule has 100 valence electrons. The van der Waals surface area contributed by atoms with Gasteiger partial charge in [0.15, 0.2) is 0 Å². The van der Waals surface area contributed by atoms with Crippen LogP contribution in [0.3, 0.4) is 0 Å². The number of rotatable bonds is 2. The lowest BCUT2D eigenvalue weighted by Gasteiger charge is -2.24. The number of alkyl halides is 3. The standard InChI is InChI=1S/C14H17F3O/c1-10-12(14(15,16)17)8-5-9-13(10)18-11-6-3-2-4-7-11/h5,8-9,11H,2-4,6-7H2,1H3. The number of ether oxygens (including phenoxy) is 1. The fourth-order valence-corrected chi connectivity index (χ4v) is 2.41. The molecule has 0 N–H and O–H groups in total. The Hall–Kier alpha value is -1.19. The molecular weight excluding hydrogens is 241 g/mol. The molecule has 18 heavy (non-hydrogen) atoms. The van der Waals surface area contributed by atoms with Crippen LogP contribution in [0.5, 0.6) is 5.75 Å². The van der Waals surface area contributed by atoms with Crippen LogP contribution in [0.2, 0.25) is 0 Å². The average molecular weight is 258 g/mol. The third kappa shape index (κ3) is 2.98. The van der Waals surface area contributed by atoms with Gasteiger partial charge in [-0.05, 0) is 44.7 Å². The van der Waals surface area contributed by atoms with Gasteiger partial charge in [0.2, 0.25) is 0 Å². The van der Waals surface area contributed by atoms with Crippen molar-refractivity contribution < 1.29 is 17.9 Å². The smallest absolute Gasteiger partial charge is 0.416 e. The van der Waals surface area contributed by atoms with Crippen LogP contribution in [0.15, 0.2) is 18.2 Å². The molecule has 1 fully saturated rings. The SMILES string of the molecule is Cc1c(OC2CCCCC2)cccc1C(F)(F)F. The van der Waals surface area contributed by atoms with E-state index in [-0.39, 0.29) is 11.7 Å². The van der Waals surface area contributed by atoms with Gasteiger partial charge in [0.25, 0.3) is 0 Å². The van der Waals surface area contributed by atoms with Crippen molar-refractivity contribution in [3.8, 4) is 5.75 Å². The summed E-state index contributed by atoms with van der Waals surface area (Å²) in [5.41, 5.74) is -0.411. The Kier molecular flexibility index (Phi) is 3.83. The van der Waals surface area contributed by atoms with Crippen LogP contribution < -0.4 is 4.74 Å². The molecule has 0 radical (unpaired) electrons. The monoisotopic (exact) mass is 258 g/mol. The molecule has 0 spiro atoms. The largest absolute Gasteiger partial charge is 0.490 e. The van der Waals surface area contributed by atoms with E-state index in [4.69, 9.17) is 4.74 Å². The summed E-state index contributed by atoms with van der Waals surface area (Å²) in [6.45, 7) is 1.47. The molecule has 1 aromatic rings. The molecule has 1 aliphatic carbocycles. The van der Waals surface area contributed by atoms with E-state index in [9.17, 15) is 13.2 Å². The highest BCUT2D eigenvalue weighted by molar-refractivity contribution is 5.40. The van der Waals surface area contributed by atoms with E-state index >= 15 is 0 Å². The van der Waals surface area contributed by atoms with Crippen LogP contribution in [0.25, 0.3) is 0 Å². The summed E-state index contributed by atoms with van der Waals surface area (Å²) >= 11 is 0. The van der Waals surface area contributed by atoms with Crippen molar-refractivity contribution in [3.63, 3.8) is 0 Å². The summed E-state index contributed by atoms with van der Waals surface area (Å²) in [6.07, 6.45) is 1.04. The van der Waals surface area contributed by atoms with Crippen LogP contribution in [0, 0.1) is 6.92 Å². The second-order valence-corrected chi connectivity index (χ2v) is 4.80. The van der Waals surface area contributed by atoms with Crippen LogP contribution in [0.4, 0.5) is 13.2 Å². The summed E-state index contributed by atoms with van der Waals surface area (Å²) in [6, 6.07) is 4.14. The minimum atomic E-state index is -4.31. The van der Waals surface area contributed by atoms with Gasteiger partial charge in [-0.2, -0.15) is 13.2 Å². The fraction of sp³-hybridized carbons (Fsp3) is 0.571. The molecule has 0 amide bonds. The molecule has 0 saturated heterocycles. The van der Waals surface area contributed by atoms with Gasteiger partial charge in [-0.25, -0.2) is 0 Å². The zero-order valence-corrected chi connectivity index (χ0v) is 10.4. The summed E-state index contributed by atoms with van der Waals surface area (Å²) < 4.78 is 44.0. The molecule has 0 aromatic heterocycles. The first-order valence-electron chi connectivity index (χ1n) is 6.32. The molecule has 2 rings (SSSR count). The first kappa shape index (κ1) is 13.2. The first-order chi connectivity index (χ1) is 8.48. The topological polar surface area (TPSA) is 9.23 Å². The molecule has 0 bridgehead atoms. The Morgan fingerprint density at radius 1 is 1.11 bits per heavy atom. The van der Waals surface area contributed by atoms with Crippen LogP contribution in [-0.4, -0.2) is 6.10 Å². The van der Waals surface area contributed by atoms with Crippen molar-refractivity contribution in [2.75, 3.05) is 0 Å². The summed E-state index contributed by atoms with van der Waals surface area (Å²) in [5.74, 6) is 0.372. The summed E-state index contributed by atoms with van der Waals surface area (Å²) in [5, 5.41) is 0. The number of hydrogen-bond acceptors (Lipinski definition) is 1. The molecular formula is C14H17F3O. The van der Waals surface area contributed by atoms with E-state index in [0.717, 1.165) is 31.7 Å². The molecule has 4 heteroatoms. The van der Waals surface area contributed by atoms with Gasteiger partial charge < -0.3 is 4.74 Å². The lowest BCUT2D eigenvalue weighted by atomic mass is 9.97. The molecule has 1 aromatic carbocycles. The van der Waals surface area contributed by atoms with E-state index < -0.39 is 11.7 Å². The molecule has 0 heterocycles. The predicted octanol–water partition coefficient (Wildman–Crippen LogP) is 4.73. The second kappa shape index (κ2) is 5.21. The van der Waals surface area contributed by atoms with Gasteiger partial charge in [-0.1, -0.05) is 12.5 Å². The van der Waals surface area contributed by atoms with Crippen molar-refractivity contribution in [2.45, 2.75) is 51.3 Å². The minimum absolute atomic E-state index is 0.0703. The predicted molar refractivity (Wildman–Crippen MR) is 63.7 cm³/mol. The van der Waals surface area contributed by atoms with Gasteiger partial charge in [0.05, 0.1) is 11.7 Å². The molecule has 1 nitrogen and oxygen atoms in total. The molecule has 0 aliphatic heterocycles. The van der Waals surface area contributed by atoms with Crippen molar-refractivity contribution in [3.05, 3.63) is 29.3 Å². The molecule has 1 saturated carbocycles. The number of benzene rings is 1. The van der Waals surface area contributed by atoms with Crippen molar-refractivity contribution in [1.82, 2.24) is 0 Å². The lowest BCUT2D eigenvalue weighted by molar-refractivity contribution is -0.138. The van der Waals surface area contributed by atoms with Crippen LogP contribution in [0.1, 0.15) is 43.2 Å². The maximum Gasteiger partial charge on any atom is 0.416 e. The Balaban J connectivity index is 2.18. The van der Waals surface area contributed by atoms with Gasteiger partial charge in [-0.3, -0.25) is 0 Å². The van der Waals surface area contributed by atoms with Crippen LogP contribution in [-0.2, 0) is 6.18 Å². The van der Waals surface area contributed by atoms with E-state index in [1.165, 1.54) is 19.4 Å². The van der Waals surface area contributed by atoms with Crippen LogP contribution >= 0.6 is 0 Å². The highest BCUT2D eigenvalue weighted by atomic mass is 19.4. The Bertz CT molecular complexity index is 406. The highest BCUT2D eigenvalue weighted by Crippen LogP contribution is 2.36. The van der Waals surface area contributed by atoms with E-state index in [1.807, 2.05) is 0 Å². The summed E-state index contributed by atoms with van der Waals surface area (Å²) in [7, 11) is 0. The van der Waals surface area contributed by atoms with E-state index in [0.29, 0.717) is 5.75 Å². The molecule has 0 unspecified atom stereocenters. The second-order valence-electron chi connectivity index (χ2n) is 4.80. The average Bonchev–Trinajstić information content (AvgIpc) is 2.32. The van der Waals surface area contributed by atoms with Crippen molar-refractivity contribution in [1.29, 1.82) is 0 Å². The quantitative estimate of drug-likeness (QED) is 0.745. The number of hydrogen-bond donors (Lipinski definition) is 0. The van der Waals surface area contributed by atoms with E-state index in [1.54, 1.807) is 6.07 Å². The highest BCUT2D eigenvalue weighted by Gasteiger charge is 2.33. The zero-order chi connectivity index (χ0) is 13.2. The van der Waals surface area contributed by atoms with Gasteiger partial charge in [-0.15, -0.1) is 0 Å². The first-order valence-corrected chi connectivity index (χ1v) is 6.32. The van der Waals surface area contributed by atoms with Gasteiger partial charge >= 0.3 is 6.18 Å². The zero-order valence-electron chi connectivity index (χ0n) is 10.4. The Morgan fingerprint density at radius 3 is 2.39 bits per heavy atom. The lowest BCUT2D eigenvalue weighted by Crippen LogP contribution is -2.20. The van der Waals surface area contributed by atoms with E-state index in [2.05, 4.69) is 0 Å². The third-order valence-electron chi connectivity index (χ3n) is 3.44. The fourth-order valence-electron chi connectivity index (χ4n) is 2.41. The molecule has 1 aliphatic rings. The maximum atomic E-state index is 12.8. The molecule has 0 atom stereocenters. The maximum absolute atomic E-state index is 12.8. The summed E-state index contributed by atoms with van der Waals surface area (Å²) in [4.78, 5) is 0. The minimum Gasteiger partial charge on any atom is -0.490 e. The number of halogens is 3. The Morgan fingerprint density at radius 2 is 1.78 bits per heavy atom. The van der Waals surface area contributed by atoms with Crippen molar-refractivity contribution in [2.24, 2.45) is 0 Å². The third-order valence-corrected chi connectivity index (χ3v) is 3.44. The van der Waals surface area contributed by atoms with Gasteiger partial charge in [0.1, 0.15) is 5.75 Å². The normalized spacial score (nSPS) is 17.8. The van der Waals surface area contributed by atoms with Gasteiger partial charge in [0, 0.05) is 5.56 Å². The van der Waals surface area contributed by atoms with Crippen molar-refractivity contribution >= 4 is 0 Å². The Labute approximate surface area is 105 Å².